The van der Waals surface area contributed by atoms with Gasteiger partial charge in [-0.25, -0.2) is 67.0 Å². The molecule has 1 fully saturated rings. The van der Waals surface area contributed by atoms with Gasteiger partial charge in [-0.3, -0.25) is 34.1 Å². The number of carbonyl (C=O) groups excluding carboxylic acids is 3. The molecule has 8 aromatic carbocycles. The molecule has 1 aliphatic rings. The van der Waals surface area contributed by atoms with Crippen LogP contribution in [-0.2, 0) is 37.6 Å². The summed E-state index contributed by atoms with van der Waals surface area (Å²) < 4.78 is 89.4. The second-order valence-electron chi connectivity index (χ2n) is 29.0. The lowest BCUT2D eigenvalue weighted by molar-refractivity contribution is -0.117. The number of thiazole rings is 1. The normalized spacial score (nSPS) is 11.6. The highest BCUT2D eigenvalue weighted by molar-refractivity contribution is 7.92. The fourth-order valence-electron chi connectivity index (χ4n) is 12.2. The van der Waals surface area contributed by atoms with Crippen LogP contribution in [0.15, 0.2) is 335 Å². The van der Waals surface area contributed by atoms with Gasteiger partial charge in [0.15, 0.2) is 6.10 Å². The number of nitrogens with zero attached hydrogens (tertiary/aromatic N) is 13. The summed E-state index contributed by atoms with van der Waals surface area (Å²) in [6.07, 6.45) is 16.6. The van der Waals surface area contributed by atoms with E-state index in [9.17, 15) is 36.0 Å². The first-order valence-electron chi connectivity index (χ1n) is 41.4. The van der Waals surface area contributed by atoms with E-state index in [4.69, 9.17) is 77.0 Å². The van der Waals surface area contributed by atoms with E-state index in [0.717, 1.165) is 22.8 Å². The van der Waals surface area contributed by atoms with Crippen LogP contribution >= 0.6 is 69.3 Å². The van der Waals surface area contributed by atoms with Crippen molar-refractivity contribution in [1.82, 2.24) is 64.8 Å². The Kier molecular flexibility index (Phi) is 33.6. The summed E-state index contributed by atoms with van der Waals surface area (Å²) >= 11 is 31.1. The Labute approximate surface area is 825 Å². The molecule has 10 heterocycles. The Balaban J connectivity index is 0.000000141. The number of amides is 3. The van der Waals surface area contributed by atoms with Crippen LogP contribution in [0.4, 0.5) is 128 Å². The van der Waals surface area contributed by atoms with E-state index in [1.165, 1.54) is 92.6 Å². The third-order valence-electron chi connectivity index (χ3n) is 18.6. The zero-order chi connectivity index (χ0) is 97.5. The molecule has 1 aliphatic heterocycles. The first kappa shape index (κ1) is 97.7. The van der Waals surface area contributed by atoms with Gasteiger partial charge in [0.25, 0.3) is 33.0 Å². The average Bonchev–Trinajstić information content (AvgIpc) is 1.13. The van der Waals surface area contributed by atoms with Gasteiger partial charge in [-0.05, 0) is 182 Å². The number of hydrogen-bond donors (Lipinski definition) is 12. The van der Waals surface area contributed by atoms with Crippen molar-refractivity contribution in [3.05, 3.63) is 388 Å². The lowest BCUT2D eigenvalue weighted by Crippen LogP contribution is -2.17. The van der Waals surface area contributed by atoms with E-state index in [0.29, 0.717) is 162 Å². The van der Waals surface area contributed by atoms with Gasteiger partial charge in [0, 0.05) is 130 Å². The van der Waals surface area contributed by atoms with E-state index in [-0.39, 0.29) is 42.8 Å². The van der Waals surface area contributed by atoms with Gasteiger partial charge in [0.2, 0.25) is 5.88 Å². The number of anilines is 20. The van der Waals surface area contributed by atoms with Crippen LogP contribution in [0.5, 0.6) is 17.4 Å². The Morgan fingerprint density at radius 1 is 0.386 bits per heavy atom. The molecule has 0 unspecified atom stereocenters. The molecule has 1 atom stereocenters. The lowest BCUT2D eigenvalue weighted by Gasteiger charge is -2.12. The minimum atomic E-state index is -3.93. The molecule has 18 rings (SSSR count). The van der Waals surface area contributed by atoms with Crippen molar-refractivity contribution in [1.29, 1.82) is 0 Å². The molecular formula is C96H73Cl5F3N25O9S2. The Bertz CT molecular complexity index is 7370. The molecule has 0 saturated carbocycles. The fourth-order valence-corrected chi connectivity index (χ4v) is 15.0. The number of pyridine rings is 4. The second-order valence-corrected chi connectivity index (χ2v) is 33.6. The van der Waals surface area contributed by atoms with Gasteiger partial charge in [0.1, 0.15) is 118 Å². The summed E-state index contributed by atoms with van der Waals surface area (Å²) in [7, 11) is -3.93. The molecule has 12 N–H and O–H groups in total. The van der Waals surface area contributed by atoms with Crippen LogP contribution in [-0.4, -0.2) is 104 Å². The third kappa shape index (κ3) is 30.1. The van der Waals surface area contributed by atoms with Crippen molar-refractivity contribution in [2.24, 2.45) is 0 Å². The van der Waals surface area contributed by atoms with Crippen molar-refractivity contribution >= 4 is 212 Å². The minimum Gasteiger partial charge on any atom is -0.486 e. The standard InChI is InChI=1S/C26H19ClFN7O2S.C25H21ClN6O3.C24H18ClFN6O2.C21H15Cl2FN6O2S/c27-20-11-18(7-8-21(20)37-14-19-4-1-2-9-29-19)34-24-12-23(31-15-32-24)33-16-5-3-6-17(10-16)35-25(36)22-13-30-26(28)38-22;26-20-11-18(7-8-21(20)34-13-19-4-1-2-9-27-19)31-24-12-23(28-15-29-24)30-16-5-3-6-17(10-16)32-25(33)22-14-35-22;25-19-13-18(7-8-20(19)26)31-22-14-21(28-15-29-22)30-16-4-3-5-17(12-16)32-23(33)9-11-34-24-6-1-2-10-27-24;22-16-6-7-25-11-19(16)33(31,32)30-15-3-1-2-13(8-15)28-20-10-21(27-12-26-20)29-14-4-5-18(24)17(23)9-14/h1-13,15H,14H2,(H,35,36)(H2,31,32,33,34);1-12,15,22H,13-14H2,(H,32,33)(H2,28,29,30,31);1-15H,(H,32,33)(H2,28,29,30,31);1-12,30H,(H2,26,27,28,29)/b;;11-9+;/t;22-;;/m.0../s1. The number of sulfonamides is 1. The molecule has 3 amide bonds. The first-order chi connectivity index (χ1) is 68.0. The van der Waals surface area contributed by atoms with E-state index >= 15 is 0 Å². The highest BCUT2D eigenvalue weighted by Gasteiger charge is 2.31. The van der Waals surface area contributed by atoms with Crippen molar-refractivity contribution in [2.45, 2.75) is 24.2 Å². The molecule has 9 aromatic heterocycles. The van der Waals surface area contributed by atoms with Crippen molar-refractivity contribution in [2.75, 3.05) is 69.8 Å². The smallest absolute Gasteiger partial charge is 0.269 e. The number of hydrogen-bond acceptors (Lipinski definition) is 31. The van der Waals surface area contributed by atoms with Gasteiger partial charge in [-0.1, -0.05) is 112 Å². The van der Waals surface area contributed by atoms with Gasteiger partial charge < -0.3 is 77.4 Å². The van der Waals surface area contributed by atoms with E-state index in [1.54, 1.807) is 152 Å². The number of ether oxygens (including phenoxy) is 4. The number of nitrogens with one attached hydrogen (secondary N) is 12. The quantitative estimate of drug-likeness (QED) is 0.0103. The van der Waals surface area contributed by atoms with E-state index in [1.807, 2.05) is 84.9 Å². The summed E-state index contributed by atoms with van der Waals surface area (Å²) in [5.41, 5.74) is 9.02. The number of rotatable bonds is 33. The summed E-state index contributed by atoms with van der Waals surface area (Å²) in [6.45, 7) is 1.10. The highest BCUT2D eigenvalue weighted by atomic mass is 35.5. The number of halogens is 8. The zero-order valence-corrected chi connectivity index (χ0v) is 77.6. The van der Waals surface area contributed by atoms with Gasteiger partial charge in [0.05, 0.1) is 61.3 Å². The third-order valence-corrected chi connectivity index (χ3v) is 22.5. The average molecular weight is 2020 g/mol. The molecule has 0 aliphatic carbocycles. The maximum absolute atomic E-state index is 13.4. The summed E-state index contributed by atoms with van der Waals surface area (Å²) in [5.74, 6) is 3.63. The molecule has 17 aromatic rings. The molecule has 1 saturated heterocycles. The zero-order valence-electron chi connectivity index (χ0n) is 72.2. The lowest BCUT2D eigenvalue weighted by atomic mass is 10.2. The molecule has 34 nitrogen and oxygen atoms in total. The highest BCUT2D eigenvalue weighted by Crippen LogP contribution is 2.36. The monoisotopic (exact) mass is 2020 g/mol. The maximum Gasteiger partial charge on any atom is 0.269 e. The molecule has 140 heavy (non-hydrogen) atoms. The summed E-state index contributed by atoms with van der Waals surface area (Å²) in [6, 6.07) is 72.1. The Morgan fingerprint density at radius 3 is 1.16 bits per heavy atom. The Hall–Kier alpha value is -16.8. The number of benzene rings is 8. The maximum atomic E-state index is 13.4. The van der Waals surface area contributed by atoms with E-state index < -0.39 is 32.8 Å². The topological polar surface area (TPSA) is 437 Å². The van der Waals surface area contributed by atoms with Crippen LogP contribution in [0, 0.1) is 16.9 Å². The predicted molar refractivity (Wildman–Crippen MR) is 534 cm³/mol. The van der Waals surface area contributed by atoms with Crippen molar-refractivity contribution in [3.63, 3.8) is 0 Å². The van der Waals surface area contributed by atoms with E-state index in [2.05, 4.69) is 128 Å². The number of aromatic nitrogens is 13. The molecule has 0 spiro atoms. The van der Waals surface area contributed by atoms with Crippen LogP contribution in [0.25, 0.3) is 0 Å². The number of carbonyl (C=O) groups is 3. The van der Waals surface area contributed by atoms with Crippen LogP contribution in [0.1, 0.15) is 21.1 Å². The van der Waals surface area contributed by atoms with Gasteiger partial charge >= 0.3 is 0 Å². The first-order valence-corrected chi connectivity index (χ1v) is 45.6. The van der Waals surface area contributed by atoms with Crippen molar-refractivity contribution < 1.29 is 54.9 Å². The molecule has 0 bridgehead atoms. The van der Waals surface area contributed by atoms with Gasteiger partial charge in [-0.2, -0.15) is 4.39 Å². The second kappa shape index (κ2) is 48.1. The van der Waals surface area contributed by atoms with Crippen molar-refractivity contribution in [3.8, 4) is 17.4 Å². The Morgan fingerprint density at radius 2 is 0.771 bits per heavy atom. The molecule has 704 valence electrons. The fraction of sp³-hybridized carbons (Fsp3) is 0.0417. The molecule has 44 heteroatoms. The van der Waals surface area contributed by atoms with Crippen LogP contribution in [0.2, 0.25) is 25.1 Å². The summed E-state index contributed by atoms with van der Waals surface area (Å²) in [5, 5.41) is 33.7. The predicted octanol–water partition coefficient (Wildman–Crippen LogP) is 22.7. The minimum absolute atomic E-state index is 0.00871. The van der Waals surface area contributed by atoms with Crippen LogP contribution < -0.4 is 77.4 Å². The van der Waals surface area contributed by atoms with Gasteiger partial charge in [-0.15, -0.1) is 0 Å². The largest absolute Gasteiger partial charge is 0.486 e. The van der Waals surface area contributed by atoms with Crippen LogP contribution in [0.3, 0.4) is 0 Å². The summed E-state index contributed by atoms with van der Waals surface area (Å²) in [4.78, 5) is 89.8. The molecular weight excluding hydrogens is 1950 g/mol. The molecule has 0 radical (unpaired) electrons. The number of epoxide rings is 1. The SMILES string of the molecule is O=C(/C=C/Oc1ccccn1)Nc1cccc(Nc2cc(Nc3ccc(F)c(Cl)c3)ncn2)c1.O=C(Nc1cccc(Nc2cc(Nc3ccc(OCc4ccccn4)c(Cl)c3)ncn2)c1)[C@@H]1CO1.O=C(Nc1cccc(Nc2cc(Nc3ccc(OCc4ccccn4)c(Cl)c3)ncn2)c1)c1cnc(F)s1.O=S(=O)(Nc1cccc(Nc2cc(Nc3ccc(F)c(Cl)c3)ncn2)c1)c1cnccc1Cl.